The number of piperidine rings is 1. The minimum atomic E-state index is -3.37. The molecule has 254 valence electrons. The van der Waals surface area contributed by atoms with Gasteiger partial charge in [-0.15, -0.1) is 0 Å². The monoisotopic (exact) mass is 671 g/mol. The zero-order valence-electron chi connectivity index (χ0n) is 27.9. The standard InChI is InChI=1S/C37H45N5O5S/c1-26(2)47-32-14-7-9-27(23-32)25-41-21-19-37(20-22-41)35(39-29-10-5-4-6-11-29)40-36(44)42(37)31-13-8-12-30(24-31)38-34(43)28-15-17-33(18-16-28)48(3,45)46/h7-9,12-18,23-24,26,29H,4-6,10-11,19-22,25H2,1-3H3,(H,38,43)(H,39,40,44). The lowest BCUT2D eigenvalue weighted by molar-refractivity contribution is 0.102. The number of nitrogens with zero attached hydrogens (tertiary/aromatic N) is 3. The molecule has 3 amide bonds. The molecule has 0 aromatic heterocycles. The van der Waals surface area contributed by atoms with E-state index in [2.05, 4.69) is 27.7 Å². The van der Waals surface area contributed by atoms with Crippen molar-refractivity contribution in [2.45, 2.75) is 87.9 Å². The van der Waals surface area contributed by atoms with Crippen LogP contribution >= 0.6 is 0 Å². The highest BCUT2D eigenvalue weighted by atomic mass is 32.2. The van der Waals surface area contributed by atoms with E-state index in [1.165, 1.54) is 36.2 Å². The quantitative estimate of drug-likeness (QED) is 0.271. The van der Waals surface area contributed by atoms with Crippen LogP contribution in [0, 0.1) is 0 Å². The Labute approximate surface area is 283 Å². The summed E-state index contributed by atoms with van der Waals surface area (Å²) in [5.41, 5.74) is 2.10. The van der Waals surface area contributed by atoms with Crippen LogP contribution in [-0.4, -0.2) is 68.1 Å². The summed E-state index contributed by atoms with van der Waals surface area (Å²) in [6.45, 7) is 6.40. The minimum absolute atomic E-state index is 0.107. The van der Waals surface area contributed by atoms with Crippen LogP contribution in [0.25, 0.3) is 0 Å². The zero-order chi connectivity index (χ0) is 33.9. The van der Waals surface area contributed by atoms with Crippen molar-refractivity contribution in [1.29, 1.82) is 0 Å². The number of anilines is 2. The third-order valence-corrected chi connectivity index (χ3v) is 10.6. The van der Waals surface area contributed by atoms with Crippen molar-refractivity contribution < 1.29 is 22.7 Å². The molecule has 1 aliphatic carbocycles. The third-order valence-electron chi connectivity index (χ3n) is 9.45. The fourth-order valence-electron chi connectivity index (χ4n) is 7.05. The van der Waals surface area contributed by atoms with Crippen molar-refractivity contribution in [2.75, 3.05) is 29.6 Å². The van der Waals surface area contributed by atoms with E-state index < -0.39 is 15.4 Å². The number of amides is 3. The number of likely N-dealkylation sites (tertiary alicyclic amines) is 1. The maximum Gasteiger partial charge on any atom is 0.328 e. The predicted octanol–water partition coefficient (Wildman–Crippen LogP) is 6.43. The Hall–Kier alpha value is -4.22. The van der Waals surface area contributed by atoms with Gasteiger partial charge in [0, 0.05) is 42.8 Å². The lowest BCUT2D eigenvalue weighted by Crippen LogP contribution is -2.57. The van der Waals surface area contributed by atoms with E-state index >= 15 is 0 Å². The summed E-state index contributed by atoms with van der Waals surface area (Å²) in [5, 5.41) is 6.09. The molecule has 3 aliphatic rings. The topological polar surface area (TPSA) is 120 Å². The number of ether oxygens (including phenoxy) is 1. The van der Waals surface area contributed by atoms with E-state index in [1.807, 2.05) is 49.1 Å². The molecule has 1 saturated carbocycles. The van der Waals surface area contributed by atoms with Gasteiger partial charge in [-0.25, -0.2) is 13.2 Å². The number of rotatable bonds is 9. The predicted molar refractivity (Wildman–Crippen MR) is 189 cm³/mol. The number of aliphatic imine (C=N–C) groups is 1. The first kappa shape index (κ1) is 33.7. The van der Waals surface area contributed by atoms with E-state index in [1.54, 1.807) is 6.07 Å². The van der Waals surface area contributed by atoms with Gasteiger partial charge in [0.25, 0.3) is 5.91 Å². The van der Waals surface area contributed by atoms with Crippen LogP contribution in [-0.2, 0) is 16.4 Å². The van der Waals surface area contributed by atoms with Gasteiger partial charge in [0.15, 0.2) is 9.84 Å². The SMILES string of the molecule is CC(C)Oc1cccc(CN2CCC3(CC2)C(=NC2CCCCC2)NC(=O)N3c2cccc(NC(=O)c3ccc(S(C)(=O)=O)cc3)c2)c1. The van der Waals surface area contributed by atoms with Crippen LogP contribution in [0.15, 0.2) is 82.7 Å². The van der Waals surface area contributed by atoms with Crippen molar-refractivity contribution in [3.8, 4) is 5.75 Å². The van der Waals surface area contributed by atoms with Crippen molar-refractivity contribution in [1.82, 2.24) is 10.2 Å². The number of hydrogen-bond acceptors (Lipinski definition) is 7. The van der Waals surface area contributed by atoms with Crippen LogP contribution < -0.4 is 20.3 Å². The summed E-state index contributed by atoms with van der Waals surface area (Å²) < 4.78 is 29.6. The van der Waals surface area contributed by atoms with Gasteiger partial charge in [0.2, 0.25) is 0 Å². The number of sulfone groups is 1. The summed E-state index contributed by atoms with van der Waals surface area (Å²) in [5.74, 6) is 1.25. The van der Waals surface area contributed by atoms with Crippen LogP contribution in [0.1, 0.15) is 74.7 Å². The molecular formula is C37H45N5O5S. The first-order chi connectivity index (χ1) is 23.0. The van der Waals surface area contributed by atoms with Crippen molar-refractivity contribution >= 4 is 39.0 Å². The Balaban J connectivity index is 1.24. The molecule has 11 heteroatoms. The average molecular weight is 672 g/mol. The lowest BCUT2D eigenvalue weighted by atomic mass is 9.84. The van der Waals surface area contributed by atoms with Crippen molar-refractivity contribution in [3.63, 3.8) is 0 Å². The summed E-state index contributed by atoms with van der Waals surface area (Å²) in [6, 6.07) is 21.4. The van der Waals surface area contributed by atoms with Crippen LogP contribution in [0.5, 0.6) is 5.75 Å². The number of carbonyl (C=O) groups is 2. The minimum Gasteiger partial charge on any atom is -0.491 e. The molecule has 10 nitrogen and oxygen atoms in total. The van der Waals surface area contributed by atoms with Gasteiger partial charge in [-0.3, -0.25) is 24.9 Å². The van der Waals surface area contributed by atoms with Crippen LogP contribution in [0.3, 0.4) is 0 Å². The molecule has 0 atom stereocenters. The van der Waals surface area contributed by atoms with Gasteiger partial charge in [0.1, 0.15) is 17.1 Å². The Morgan fingerprint density at radius 1 is 1.00 bits per heavy atom. The molecule has 1 spiro atoms. The smallest absolute Gasteiger partial charge is 0.328 e. The molecule has 0 unspecified atom stereocenters. The van der Waals surface area contributed by atoms with E-state index in [9.17, 15) is 18.0 Å². The molecule has 3 fully saturated rings. The number of hydrogen-bond donors (Lipinski definition) is 2. The molecule has 2 aliphatic heterocycles. The number of benzene rings is 3. The Bertz CT molecular complexity index is 1780. The van der Waals surface area contributed by atoms with Gasteiger partial charge in [-0.2, -0.15) is 0 Å². The lowest BCUT2D eigenvalue weighted by Gasteiger charge is -2.44. The number of nitrogens with one attached hydrogen (secondary N) is 2. The highest BCUT2D eigenvalue weighted by Crippen LogP contribution is 2.40. The van der Waals surface area contributed by atoms with Gasteiger partial charge in [-0.05, 0) is 99.7 Å². The fourth-order valence-corrected chi connectivity index (χ4v) is 7.68. The van der Waals surface area contributed by atoms with Gasteiger partial charge < -0.3 is 10.1 Å². The maximum atomic E-state index is 13.8. The molecule has 2 heterocycles. The second-order valence-electron chi connectivity index (χ2n) is 13.5. The normalized spacial score (nSPS) is 19.5. The molecule has 3 aromatic rings. The fraction of sp³-hybridized carbons (Fsp3) is 0.432. The molecule has 0 radical (unpaired) electrons. The largest absolute Gasteiger partial charge is 0.491 e. The van der Waals surface area contributed by atoms with Crippen molar-refractivity contribution in [3.05, 3.63) is 83.9 Å². The summed E-state index contributed by atoms with van der Waals surface area (Å²) in [4.78, 5) is 36.6. The molecule has 48 heavy (non-hydrogen) atoms. The van der Waals surface area contributed by atoms with E-state index in [0.717, 1.165) is 63.2 Å². The first-order valence-corrected chi connectivity index (χ1v) is 18.8. The second-order valence-corrected chi connectivity index (χ2v) is 15.5. The Morgan fingerprint density at radius 2 is 1.71 bits per heavy atom. The van der Waals surface area contributed by atoms with Gasteiger partial charge in [0.05, 0.1) is 17.0 Å². The van der Waals surface area contributed by atoms with E-state index in [0.29, 0.717) is 29.8 Å². The summed E-state index contributed by atoms with van der Waals surface area (Å²) in [6.07, 6.45) is 8.25. The van der Waals surface area contributed by atoms with Gasteiger partial charge in [-0.1, -0.05) is 37.5 Å². The Morgan fingerprint density at radius 3 is 2.40 bits per heavy atom. The number of carbonyl (C=O) groups excluding carboxylic acids is 2. The highest BCUT2D eigenvalue weighted by Gasteiger charge is 2.53. The second kappa shape index (κ2) is 14.1. The summed E-state index contributed by atoms with van der Waals surface area (Å²) in [7, 11) is -3.37. The third kappa shape index (κ3) is 7.57. The number of urea groups is 1. The maximum absolute atomic E-state index is 13.8. The molecule has 6 rings (SSSR count). The molecular weight excluding hydrogens is 627 g/mol. The van der Waals surface area contributed by atoms with Crippen LogP contribution in [0.2, 0.25) is 0 Å². The molecule has 2 N–H and O–H groups in total. The van der Waals surface area contributed by atoms with Gasteiger partial charge >= 0.3 is 6.03 Å². The average Bonchev–Trinajstić information content (AvgIpc) is 3.31. The van der Waals surface area contributed by atoms with Crippen molar-refractivity contribution in [2.24, 2.45) is 4.99 Å². The summed E-state index contributed by atoms with van der Waals surface area (Å²) >= 11 is 0. The molecule has 3 aromatic carbocycles. The van der Waals surface area contributed by atoms with E-state index in [4.69, 9.17) is 9.73 Å². The van der Waals surface area contributed by atoms with E-state index in [-0.39, 0.29) is 29.0 Å². The number of amidine groups is 1. The van der Waals surface area contributed by atoms with Crippen LogP contribution in [0.4, 0.5) is 16.2 Å². The molecule has 0 bridgehead atoms. The zero-order valence-corrected chi connectivity index (χ0v) is 28.8. The highest BCUT2D eigenvalue weighted by molar-refractivity contribution is 7.90. The molecule has 2 saturated heterocycles. The Kier molecular flexibility index (Phi) is 9.89. The first-order valence-electron chi connectivity index (χ1n) is 16.9.